The van der Waals surface area contributed by atoms with Gasteiger partial charge in [0, 0.05) is 17.8 Å². The molecule has 0 saturated carbocycles. The van der Waals surface area contributed by atoms with Crippen LogP contribution in [-0.4, -0.2) is 7.11 Å². The quantitative estimate of drug-likeness (QED) is 0.814. The van der Waals surface area contributed by atoms with Crippen LogP contribution < -0.4 is 5.32 Å². The molecule has 0 radical (unpaired) electrons. The van der Waals surface area contributed by atoms with Gasteiger partial charge in [-0.2, -0.15) is 0 Å². The van der Waals surface area contributed by atoms with Crippen molar-refractivity contribution in [2.75, 3.05) is 12.4 Å². The van der Waals surface area contributed by atoms with E-state index in [0.717, 1.165) is 25.0 Å². The van der Waals surface area contributed by atoms with Gasteiger partial charge in [-0.3, -0.25) is 0 Å². The van der Waals surface area contributed by atoms with Gasteiger partial charge in [0.1, 0.15) is 0 Å². The minimum atomic E-state index is 0.224. The van der Waals surface area contributed by atoms with Gasteiger partial charge in [-0.05, 0) is 48.1 Å². The van der Waals surface area contributed by atoms with Crippen LogP contribution in [0.4, 0.5) is 5.69 Å². The topological polar surface area (TPSA) is 21.3 Å². The first-order valence-corrected chi connectivity index (χ1v) is 7.36. The number of ether oxygens (including phenoxy) is 1. The molecule has 0 aliphatic heterocycles. The molecule has 2 heteroatoms. The summed E-state index contributed by atoms with van der Waals surface area (Å²) in [5.74, 6) is 1.05. The van der Waals surface area contributed by atoms with Gasteiger partial charge in [0.25, 0.3) is 0 Å². The Morgan fingerprint density at radius 3 is 2.60 bits per heavy atom. The zero-order valence-electron chi connectivity index (χ0n) is 13.0. The lowest BCUT2D eigenvalue weighted by Crippen LogP contribution is -2.15. The number of allylic oxidation sites excluding steroid dienone is 4. The normalized spacial score (nSPS) is 15.4. The summed E-state index contributed by atoms with van der Waals surface area (Å²) in [7, 11) is 1.73. The van der Waals surface area contributed by atoms with Gasteiger partial charge < -0.3 is 10.1 Å². The molecule has 0 amide bonds. The first-order valence-electron chi connectivity index (χ1n) is 7.36. The zero-order chi connectivity index (χ0) is 14.6. The molecular weight excluding hydrogens is 246 g/mol. The highest BCUT2D eigenvalue weighted by atomic mass is 16.5. The molecular formula is C18H25NO. The van der Waals surface area contributed by atoms with Crippen molar-refractivity contribution in [1.29, 1.82) is 0 Å². The van der Waals surface area contributed by atoms with Crippen LogP contribution in [0.15, 0.2) is 47.9 Å². The predicted octanol–water partition coefficient (Wildman–Crippen LogP) is 4.99. The summed E-state index contributed by atoms with van der Waals surface area (Å²) >= 11 is 0. The summed E-state index contributed by atoms with van der Waals surface area (Å²) in [6.45, 7) is 6.82. The smallest absolute Gasteiger partial charge is 0.0959 e. The third-order valence-electron chi connectivity index (χ3n) is 4.21. The van der Waals surface area contributed by atoms with E-state index in [4.69, 9.17) is 4.74 Å². The molecule has 0 bridgehead atoms. The molecule has 0 heterocycles. The minimum absolute atomic E-state index is 0.224. The second kappa shape index (κ2) is 6.17. The van der Waals surface area contributed by atoms with Gasteiger partial charge in [-0.15, -0.1) is 0 Å². The molecule has 0 aromatic heterocycles. The number of benzene rings is 1. The van der Waals surface area contributed by atoms with Crippen LogP contribution in [0.25, 0.3) is 0 Å². The van der Waals surface area contributed by atoms with Crippen LogP contribution in [0.3, 0.4) is 0 Å². The Balaban J connectivity index is 2.13. The van der Waals surface area contributed by atoms with Crippen LogP contribution in [0.1, 0.15) is 45.6 Å². The summed E-state index contributed by atoms with van der Waals surface area (Å²) in [5, 5.41) is 3.52. The van der Waals surface area contributed by atoms with Gasteiger partial charge in [0.15, 0.2) is 0 Å². The number of nitrogens with one attached hydrogen (secondary N) is 1. The first kappa shape index (κ1) is 14.7. The van der Waals surface area contributed by atoms with E-state index in [-0.39, 0.29) is 5.41 Å². The first-order chi connectivity index (χ1) is 9.55. The van der Waals surface area contributed by atoms with Crippen molar-refractivity contribution in [3.63, 3.8) is 0 Å². The van der Waals surface area contributed by atoms with Crippen molar-refractivity contribution in [3.8, 4) is 0 Å². The van der Waals surface area contributed by atoms with E-state index in [1.54, 1.807) is 7.11 Å². The highest BCUT2D eigenvalue weighted by Gasteiger charge is 2.18. The highest BCUT2D eigenvalue weighted by molar-refractivity contribution is 5.52. The molecule has 1 aromatic carbocycles. The van der Waals surface area contributed by atoms with E-state index >= 15 is 0 Å². The average molecular weight is 271 g/mol. The maximum atomic E-state index is 5.26. The summed E-state index contributed by atoms with van der Waals surface area (Å²) in [6.07, 6.45) is 7.27. The molecule has 1 aliphatic rings. The van der Waals surface area contributed by atoms with Crippen LogP contribution in [0.5, 0.6) is 0 Å². The molecule has 1 aliphatic carbocycles. The molecule has 0 fully saturated rings. The van der Waals surface area contributed by atoms with E-state index in [1.165, 1.54) is 16.9 Å². The molecule has 1 N–H and O–H groups in total. The highest BCUT2D eigenvalue weighted by Crippen LogP contribution is 2.29. The van der Waals surface area contributed by atoms with Gasteiger partial charge in [0.05, 0.1) is 12.9 Å². The number of anilines is 1. The molecule has 20 heavy (non-hydrogen) atoms. The Labute approximate surface area is 122 Å². The SMILES string of the molecule is CCC(C)(C)c1cccc(NC2=CC=C(OC)CC2)c1. The fraction of sp³-hybridized carbons (Fsp3) is 0.444. The van der Waals surface area contributed by atoms with E-state index < -0.39 is 0 Å². The van der Waals surface area contributed by atoms with Gasteiger partial charge >= 0.3 is 0 Å². The van der Waals surface area contributed by atoms with Crippen LogP contribution >= 0.6 is 0 Å². The zero-order valence-corrected chi connectivity index (χ0v) is 13.0. The Hall–Kier alpha value is -1.70. The van der Waals surface area contributed by atoms with Crippen LogP contribution in [-0.2, 0) is 10.2 Å². The Kier molecular flexibility index (Phi) is 4.53. The van der Waals surface area contributed by atoms with Gasteiger partial charge in [0.2, 0.25) is 0 Å². The summed E-state index contributed by atoms with van der Waals surface area (Å²) in [4.78, 5) is 0. The van der Waals surface area contributed by atoms with Crippen molar-refractivity contribution in [2.24, 2.45) is 0 Å². The predicted molar refractivity (Wildman–Crippen MR) is 85.8 cm³/mol. The van der Waals surface area contributed by atoms with E-state index in [0.29, 0.717) is 0 Å². The van der Waals surface area contributed by atoms with Crippen LogP contribution in [0, 0.1) is 0 Å². The van der Waals surface area contributed by atoms with E-state index in [9.17, 15) is 0 Å². The second-order valence-corrected chi connectivity index (χ2v) is 5.97. The third kappa shape index (κ3) is 3.44. The maximum absolute atomic E-state index is 5.26. The lowest BCUT2D eigenvalue weighted by molar-refractivity contribution is 0.276. The summed E-state index contributed by atoms with van der Waals surface area (Å²) in [6, 6.07) is 8.74. The number of methoxy groups -OCH3 is 1. The number of rotatable bonds is 5. The molecule has 0 unspecified atom stereocenters. The Morgan fingerprint density at radius 2 is 2.00 bits per heavy atom. The second-order valence-electron chi connectivity index (χ2n) is 5.97. The Morgan fingerprint density at radius 1 is 1.20 bits per heavy atom. The van der Waals surface area contributed by atoms with Crippen molar-refractivity contribution in [3.05, 3.63) is 53.4 Å². The van der Waals surface area contributed by atoms with Gasteiger partial charge in [-0.25, -0.2) is 0 Å². The van der Waals surface area contributed by atoms with Crippen molar-refractivity contribution < 1.29 is 4.74 Å². The lowest BCUT2D eigenvalue weighted by Gasteiger charge is -2.24. The molecule has 0 atom stereocenters. The van der Waals surface area contributed by atoms with Crippen molar-refractivity contribution in [1.82, 2.24) is 0 Å². The van der Waals surface area contributed by atoms with Crippen molar-refractivity contribution in [2.45, 2.75) is 45.4 Å². The molecule has 2 nitrogen and oxygen atoms in total. The van der Waals surface area contributed by atoms with Gasteiger partial charge in [-0.1, -0.05) is 32.9 Å². The minimum Gasteiger partial charge on any atom is -0.501 e. The van der Waals surface area contributed by atoms with E-state index in [2.05, 4.69) is 56.4 Å². The summed E-state index contributed by atoms with van der Waals surface area (Å²) in [5.41, 5.74) is 4.03. The van der Waals surface area contributed by atoms with Crippen LogP contribution in [0.2, 0.25) is 0 Å². The molecule has 2 rings (SSSR count). The Bertz CT molecular complexity index is 526. The summed E-state index contributed by atoms with van der Waals surface area (Å²) < 4.78 is 5.26. The fourth-order valence-corrected chi connectivity index (χ4v) is 2.30. The lowest BCUT2D eigenvalue weighted by atomic mass is 9.82. The fourth-order valence-electron chi connectivity index (χ4n) is 2.30. The maximum Gasteiger partial charge on any atom is 0.0959 e. The average Bonchev–Trinajstić information content (AvgIpc) is 2.48. The molecule has 0 saturated heterocycles. The number of hydrogen-bond acceptors (Lipinski definition) is 2. The van der Waals surface area contributed by atoms with Crippen molar-refractivity contribution >= 4 is 5.69 Å². The number of hydrogen-bond donors (Lipinski definition) is 1. The van der Waals surface area contributed by atoms with E-state index in [1.807, 2.05) is 6.08 Å². The molecule has 108 valence electrons. The molecule has 1 aromatic rings. The molecule has 0 spiro atoms. The third-order valence-corrected chi connectivity index (χ3v) is 4.21. The monoisotopic (exact) mass is 271 g/mol. The standard InChI is InChI=1S/C18H25NO/c1-5-18(2,3)14-7-6-8-16(13-14)19-15-9-11-17(20-4)12-10-15/h6-9,11,13,19H,5,10,12H2,1-4H3. The largest absolute Gasteiger partial charge is 0.501 e.